The smallest absolute Gasteiger partial charge is 0.421 e. The predicted molar refractivity (Wildman–Crippen MR) is 65.8 cm³/mol. The monoisotopic (exact) mass is 279 g/mol. The molecule has 96 valence electrons. The van der Waals surface area contributed by atoms with Gasteiger partial charge in [0, 0.05) is 0 Å². The molecule has 1 rings (SSSR count). The van der Waals surface area contributed by atoms with E-state index in [1.54, 1.807) is 23.8 Å². The molecule has 0 aromatic heterocycles. The average Bonchev–Trinajstić information content (AvgIpc) is 2.17. The van der Waals surface area contributed by atoms with Gasteiger partial charge in [0.2, 0.25) is 0 Å². The standard InChI is InChI=1S/C10H13NO4S.ClH/c1-3-15-10(12)11-16(13,14)9-6-4-8(2)5-7-9;/h4-7H,3H2,1-2H3,(H,11,12);1H. The minimum atomic E-state index is -3.82. The molecular formula is C10H14ClNO4S. The highest BCUT2D eigenvalue weighted by Gasteiger charge is 2.17. The number of aryl methyl sites for hydroxylation is 1. The van der Waals surface area contributed by atoms with Crippen molar-refractivity contribution in [2.75, 3.05) is 6.61 Å². The topological polar surface area (TPSA) is 72.5 Å². The maximum Gasteiger partial charge on any atom is 0.421 e. The highest BCUT2D eigenvalue weighted by Crippen LogP contribution is 2.09. The first-order chi connectivity index (χ1) is 7.45. The molecule has 0 unspecified atom stereocenters. The van der Waals surface area contributed by atoms with Crippen LogP contribution in [0, 0.1) is 6.92 Å². The first kappa shape index (κ1) is 15.7. The van der Waals surface area contributed by atoms with Gasteiger partial charge in [0.1, 0.15) is 0 Å². The SMILES string of the molecule is CCOC(=O)NS(=O)(=O)c1ccc(C)cc1.Cl. The van der Waals surface area contributed by atoms with Gasteiger partial charge in [-0.3, -0.25) is 0 Å². The molecule has 0 bridgehead atoms. The van der Waals surface area contributed by atoms with Gasteiger partial charge in [-0.15, -0.1) is 12.4 Å². The van der Waals surface area contributed by atoms with Crippen molar-refractivity contribution in [1.29, 1.82) is 0 Å². The highest BCUT2D eigenvalue weighted by molar-refractivity contribution is 7.90. The summed E-state index contributed by atoms with van der Waals surface area (Å²) in [5, 5.41) is 0. The summed E-state index contributed by atoms with van der Waals surface area (Å²) in [6, 6.07) is 6.16. The third-order valence-corrected chi connectivity index (χ3v) is 3.15. The van der Waals surface area contributed by atoms with E-state index in [0.29, 0.717) is 0 Å². The molecule has 7 heteroatoms. The minimum absolute atomic E-state index is 0. The Bertz CT molecular complexity index is 470. The Hall–Kier alpha value is -1.27. The van der Waals surface area contributed by atoms with Gasteiger partial charge in [0.05, 0.1) is 11.5 Å². The van der Waals surface area contributed by atoms with Gasteiger partial charge in [-0.25, -0.2) is 17.9 Å². The van der Waals surface area contributed by atoms with Crippen molar-refractivity contribution in [3.63, 3.8) is 0 Å². The fourth-order valence-corrected chi connectivity index (χ4v) is 1.94. The molecule has 5 nitrogen and oxygen atoms in total. The van der Waals surface area contributed by atoms with Crippen molar-refractivity contribution in [2.45, 2.75) is 18.7 Å². The number of benzene rings is 1. The zero-order valence-corrected chi connectivity index (χ0v) is 11.1. The number of nitrogens with one attached hydrogen (secondary N) is 1. The third-order valence-electron chi connectivity index (χ3n) is 1.82. The second-order valence-corrected chi connectivity index (χ2v) is 4.82. The van der Waals surface area contributed by atoms with E-state index < -0.39 is 16.1 Å². The number of ether oxygens (including phenoxy) is 1. The molecule has 1 N–H and O–H groups in total. The highest BCUT2D eigenvalue weighted by atomic mass is 35.5. The number of carbonyl (C=O) groups is 1. The van der Waals surface area contributed by atoms with Gasteiger partial charge in [-0.1, -0.05) is 17.7 Å². The van der Waals surface area contributed by atoms with Crippen LogP contribution < -0.4 is 4.72 Å². The van der Waals surface area contributed by atoms with E-state index in [1.165, 1.54) is 12.1 Å². The Kier molecular flexibility index (Phi) is 5.98. The molecular weight excluding hydrogens is 266 g/mol. The van der Waals surface area contributed by atoms with Crippen LogP contribution >= 0.6 is 12.4 Å². The van der Waals surface area contributed by atoms with Crippen LogP contribution in [-0.4, -0.2) is 21.1 Å². The Morgan fingerprint density at radius 3 is 2.29 bits per heavy atom. The van der Waals surface area contributed by atoms with Gasteiger partial charge in [-0.2, -0.15) is 0 Å². The van der Waals surface area contributed by atoms with Gasteiger partial charge < -0.3 is 4.74 Å². The Balaban J connectivity index is 0.00000256. The fraction of sp³-hybridized carbons (Fsp3) is 0.300. The summed E-state index contributed by atoms with van der Waals surface area (Å²) in [4.78, 5) is 11.0. The second-order valence-electron chi connectivity index (χ2n) is 3.14. The van der Waals surface area contributed by atoms with Gasteiger partial charge in [0.15, 0.2) is 0 Å². The first-order valence-electron chi connectivity index (χ1n) is 4.72. The summed E-state index contributed by atoms with van der Waals surface area (Å²) in [5.74, 6) is 0. The number of hydrogen-bond donors (Lipinski definition) is 1. The van der Waals surface area contributed by atoms with Gasteiger partial charge in [0.25, 0.3) is 10.0 Å². The lowest BCUT2D eigenvalue weighted by Gasteiger charge is -2.06. The van der Waals surface area contributed by atoms with Crippen molar-refractivity contribution in [2.24, 2.45) is 0 Å². The molecule has 17 heavy (non-hydrogen) atoms. The van der Waals surface area contributed by atoms with Crippen LogP contribution in [-0.2, 0) is 14.8 Å². The Labute approximate surface area is 107 Å². The second kappa shape index (κ2) is 6.46. The van der Waals surface area contributed by atoms with Gasteiger partial charge >= 0.3 is 6.09 Å². The first-order valence-corrected chi connectivity index (χ1v) is 6.20. The molecule has 0 spiro atoms. The molecule has 0 aliphatic rings. The van der Waals surface area contributed by atoms with Crippen molar-refractivity contribution < 1.29 is 17.9 Å². The van der Waals surface area contributed by atoms with Crippen LogP contribution in [0.2, 0.25) is 0 Å². The zero-order valence-electron chi connectivity index (χ0n) is 9.47. The lowest BCUT2D eigenvalue weighted by Crippen LogP contribution is -2.31. The van der Waals surface area contributed by atoms with Gasteiger partial charge in [-0.05, 0) is 26.0 Å². The number of rotatable bonds is 3. The molecule has 0 aliphatic heterocycles. The molecule has 0 radical (unpaired) electrons. The van der Waals surface area contributed by atoms with Crippen LogP contribution in [0.25, 0.3) is 0 Å². The molecule has 0 fully saturated rings. The van der Waals surface area contributed by atoms with E-state index >= 15 is 0 Å². The molecule has 0 aliphatic carbocycles. The normalized spacial score (nSPS) is 10.2. The lowest BCUT2D eigenvalue weighted by atomic mass is 10.2. The van der Waals surface area contributed by atoms with Crippen LogP contribution in [0.4, 0.5) is 4.79 Å². The maximum atomic E-state index is 11.6. The molecule has 0 saturated carbocycles. The van der Waals surface area contributed by atoms with E-state index in [9.17, 15) is 13.2 Å². The van der Waals surface area contributed by atoms with Crippen molar-refractivity contribution in [3.8, 4) is 0 Å². The van der Waals surface area contributed by atoms with Crippen molar-refractivity contribution >= 4 is 28.5 Å². The summed E-state index contributed by atoms with van der Waals surface area (Å²) < 4.78 is 29.5. The van der Waals surface area contributed by atoms with E-state index in [1.807, 2.05) is 6.92 Å². The fourth-order valence-electron chi connectivity index (χ4n) is 1.05. The molecule has 0 saturated heterocycles. The van der Waals surface area contributed by atoms with E-state index in [0.717, 1.165) is 5.56 Å². The Morgan fingerprint density at radius 2 is 1.82 bits per heavy atom. The largest absolute Gasteiger partial charge is 0.449 e. The van der Waals surface area contributed by atoms with Crippen LogP contribution in [0.3, 0.4) is 0 Å². The minimum Gasteiger partial charge on any atom is -0.449 e. The van der Waals surface area contributed by atoms with Crippen LogP contribution in [0.1, 0.15) is 12.5 Å². The molecule has 1 aromatic carbocycles. The van der Waals surface area contributed by atoms with E-state index in [2.05, 4.69) is 4.74 Å². The summed E-state index contributed by atoms with van der Waals surface area (Å²) in [6.45, 7) is 3.56. The third kappa shape index (κ3) is 4.62. The summed E-state index contributed by atoms with van der Waals surface area (Å²) in [5.41, 5.74) is 0.940. The number of amides is 1. The van der Waals surface area contributed by atoms with E-state index in [-0.39, 0.29) is 23.9 Å². The predicted octanol–water partition coefficient (Wildman–Crippen LogP) is 1.85. The molecule has 0 atom stereocenters. The van der Waals surface area contributed by atoms with Crippen LogP contribution in [0.15, 0.2) is 29.2 Å². The molecule has 1 aromatic rings. The Morgan fingerprint density at radius 1 is 1.29 bits per heavy atom. The van der Waals surface area contributed by atoms with Crippen molar-refractivity contribution in [3.05, 3.63) is 29.8 Å². The average molecular weight is 280 g/mol. The number of halogens is 1. The van der Waals surface area contributed by atoms with E-state index in [4.69, 9.17) is 0 Å². The lowest BCUT2D eigenvalue weighted by molar-refractivity contribution is 0.158. The quantitative estimate of drug-likeness (QED) is 0.916. The molecule has 1 amide bonds. The number of hydrogen-bond acceptors (Lipinski definition) is 4. The number of sulfonamides is 1. The maximum absolute atomic E-state index is 11.6. The van der Waals surface area contributed by atoms with Crippen molar-refractivity contribution in [1.82, 2.24) is 4.72 Å². The summed E-state index contributed by atoms with van der Waals surface area (Å²) >= 11 is 0. The van der Waals surface area contributed by atoms with Crippen LogP contribution in [0.5, 0.6) is 0 Å². The summed E-state index contributed by atoms with van der Waals surface area (Å²) in [6.07, 6.45) is -0.969. The number of carbonyl (C=O) groups excluding carboxylic acids is 1. The zero-order chi connectivity index (χ0) is 12.2. The summed E-state index contributed by atoms with van der Waals surface area (Å²) in [7, 11) is -3.82. The molecule has 0 heterocycles.